The monoisotopic (exact) mass is 1090 g/mol. The Kier molecular flexibility index (Phi) is 11.2. The Bertz CT molecular complexity index is 5090. The fourth-order valence-corrected chi connectivity index (χ4v) is 13.2. The Morgan fingerprint density at radius 1 is 0.212 bits per heavy atom. The molecular formula is C80H50N2O3. The van der Waals surface area contributed by atoms with E-state index in [2.05, 4.69) is 313 Å². The lowest BCUT2D eigenvalue weighted by atomic mass is 9.97. The fraction of sp³-hybridized carbons (Fsp3) is 0. The summed E-state index contributed by atoms with van der Waals surface area (Å²) >= 11 is 0. The van der Waals surface area contributed by atoms with Crippen molar-refractivity contribution in [3.63, 3.8) is 0 Å². The van der Waals surface area contributed by atoms with Gasteiger partial charge in [0.15, 0.2) is 11.2 Å². The Hall–Kier alpha value is -11.4. The minimum absolute atomic E-state index is 0.819. The molecule has 0 radical (unpaired) electrons. The van der Waals surface area contributed by atoms with E-state index in [4.69, 9.17) is 13.3 Å². The average molecular weight is 1090 g/mol. The molecule has 17 rings (SSSR count). The highest BCUT2D eigenvalue weighted by atomic mass is 16.3. The lowest BCUT2D eigenvalue weighted by Gasteiger charge is -2.28. The Morgan fingerprint density at radius 3 is 0.953 bits per heavy atom. The third kappa shape index (κ3) is 7.86. The lowest BCUT2D eigenvalue weighted by Crippen LogP contribution is -2.11. The number of nitrogens with zero attached hydrogens (tertiary/aromatic N) is 2. The number of fused-ring (bicyclic) bond motifs is 13. The molecule has 0 fully saturated rings. The average Bonchev–Trinajstić information content (AvgIpc) is 2.34. The van der Waals surface area contributed by atoms with Crippen LogP contribution >= 0.6 is 0 Å². The number of rotatable bonds is 10. The molecule has 0 aliphatic heterocycles. The molecule has 14 aromatic carbocycles. The standard InChI is InChI=1S/C80H50N2O3/c1-5-21-51(22-6-1)59-29-13-15-37-69(59)81(71-39-19-35-67-65-33-17-31-63(77(65)84-79(67)71)53-25-9-3-10-26-53)57-43-45-61-55(49-57)41-47-73-75(61)76-62-46-44-58(50-56(62)42-48-74(76)83-73)82(70-38-16-14-30-60(70)52-23-7-2-8-24-52)72-40-20-36-68-66-34-18-32-64(78(66)85-80(68)72)54-27-11-4-12-28-54/h1-50H. The lowest BCUT2D eigenvalue weighted by molar-refractivity contribution is 0.669. The number of hydrogen-bond acceptors (Lipinski definition) is 5. The summed E-state index contributed by atoms with van der Waals surface area (Å²) in [5.41, 5.74) is 19.8. The number of hydrogen-bond donors (Lipinski definition) is 0. The molecular weight excluding hydrogens is 1040 g/mol. The van der Waals surface area contributed by atoms with E-state index in [0.717, 1.165) is 166 Å². The molecule has 0 saturated heterocycles. The summed E-state index contributed by atoms with van der Waals surface area (Å²) < 4.78 is 21.1. The second-order valence-electron chi connectivity index (χ2n) is 21.8. The fourth-order valence-electron chi connectivity index (χ4n) is 13.2. The number of para-hydroxylation sites is 6. The Morgan fingerprint density at radius 2 is 0.541 bits per heavy atom. The van der Waals surface area contributed by atoms with Crippen LogP contribution < -0.4 is 9.80 Å². The first-order valence-corrected chi connectivity index (χ1v) is 28.9. The molecule has 0 unspecified atom stereocenters. The predicted octanol–water partition coefficient (Wildman–Crippen LogP) is 23.3. The molecule has 3 heterocycles. The molecule has 85 heavy (non-hydrogen) atoms. The highest BCUT2D eigenvalue weighted by Gasteiger charge is 2.27. The van der Waals surface area contributed by atoms with E-state index in [0.29, 0.717) is 0 Å². The van der Waals surface area contributed by atoms with Crippen LogP contribution in [0.2, 0.25) is 0 Å². The van der Waals surface area contributed by atoms with Crippen molar-refractivity contribution in [1.29, 1.82) is 0 Å². The summed E-state index contributed by atoms with van der Waals surface area (Å²) in [4.78, 5) is 4.75. The second kappa shape index (κ2) is 19.7. The maximum absolute atomic E-state index is 7.15. The smallest absolute Gasteiger partial charge is 0.159 e. The van der Waals surface area contributed by atoms with E-state index in [1.165, 1.54) is 0 Å². The van der Waals surface area contributed by atoms with E-state index >= 15 is 0 Å². The van der Waals surface area contributed by atoms with Crippen molar-refractivity contribution < 1.29 is 13.3 Å². The second-order valence-corrected chi connectivity index (χ2v) is 21.8. The summed E-state index contributed by atoms with van der Waals surface area (Å²) in [5, 5.41) is 10.8. The van der Waals surface area contributed by atoms with Crippen LogP contribution in [0.25, 0.3) is 132 Å². The zero-order chi connectivity index (χ0) is 56.0. The third-order valence-electron chi connectivity index (χ3n) is 17.0. The molecule has 0 spiro atoms. The zero-order valence-corrected chi connectivity index (χ0v) is 46.0. The van der Waals surface area contributed by atoms with Gasteiger partial charge in [0.2, 0.25) is 0 Å². The minimum Gasteiger partial charge on any atom is -0.456 e. The van der Waals surface area contributed by atoms with Gasteiger partial charge in [0.25, 0.3) is 0 Å². The number of benzene rings is 14. The highest BCUT2D eigenvalue weighted by molar-refractivity contribution is 6.27. The zero-order valence-electron chi connectivity index (χ0n) is 46.0. The molecule has 0 amide bonds. The van der Waals surface area contributed by atoms with Gasteiger partial charge in [-0.25, -0.2) is 0 Å². The van der Waals surface area contributed by atoms with Gasteiger partial charge in [-0.2, -0.15) is 0 Å². The molecule has 17 aromatic rings. The molecule has 0 aliphatic rings. The van der Waals surface area contributed by atoms with E-state index in [-0.39, 0.29) is 0 Å². The molecule has 0 N–H and O–H groups in total. The van der Waals surface area contributed by atoms with Gasteiger partial charge in [-0.15, -0.1) is 0 Å². The summed E-state index contributed by atoms with van der Waals surface area (Å²) in [5.74, 6) is 0. The highest BCUT2D eigenvalue weighted by Crippen LogP contribution is 2.51. The van der Waals surface area contributed by atoms with Gasteiger partial charge in [-0.3, -0.25) is 0 Å². The van der Waals surface area contributed by atoms with Gasteiger partial charge >= 0.3 is 0 Å². The van der Waals surface area contributed by atoms with Crippen LogP contribution in [0.5, 0.6) is 0 Å². The first kappa shape index (κ1) is 48.3. The van der Waals surface area contributed by atoms with E-state index in [1.54, 1.807) is 0 Å². The first-order chi connectivity index (χ1) is 42.2. The van der Waals surface area contributed by atoms with Crippen molar-refractivity contribution in [3.8, 4) is 44.5 Å². The molecule has 398 valence electrons. The van der Waals surface area contributed by atoms with Gasteiger partial charge in [0.05, 0.1) is 22.7 Å². The largest absolute Gasteiger partial charge is 0.456 e. The van der Waals surface area contributed by atoms with Gasteiger partial charge < -0.3 is 23.1 Å². The topological polar surface area (TPSA) is 45.9 Å². The predicted molar refractivity (Wildman–Crippen MR) is 354 cm³/mol. The molecule has 0 aliphatic carbocycles. The van der Waals surface area contributed by atoms with Crippen LogP contribution in [-0.4, -0.2) is 0 Å². The number of anilines is 6. The maximum atomic E-state index is 7.15. The van der Waals surface area contributed by atoms with Gasteiger partial charge in [0.1, 0.15) is 22.3 Å². The van der Waals surface area contributed by atoms with E-state index in [1.807, 2.05) is 0 Å². The van der Waals surface area contributed by atoms with Crippen LogP contribution in [0.3, 0.4) is 0 Å². The van der Waals surface area contributed by atoms with Crippen LogP contribution in [0, 0.1) is 0 Å². The summed E-state index contributed by atoms with van der Waals surface area (Å²) in [6.45, 7) is 0. The molecule has 3 aromatic heterocycles. The summed E-state index contributed by atoms with van der Waals surface area (Å²) in [7, 11) is 0. The number of furan rings is 3. The molecule has 0 atom stereocenters. The van der Waals surface area contributed by atoms with E-state index < -0.39 is 0 Å². The first-order valence-electron chi connectivity index (χ1n) is 28.9. The van der Waals surface area contributed by atoms with Gasteiger partial charge in [-0.1, -0.05) is 243 Å². The van der Waals surface area contributed by atoms with E-state index in [9.17, 15) is 0 Å². The summed E-state index contributed by atoms with van der Waals surface area (Å²) in [6.07, 6.45) is 0. The Labute approximate surface area is 489 Å². The van der Waals surface area contributed by atoms with Crippen LogP contribution in [-0.2, 0) is 0 Å². The van der Waals surface area contributed by atoms with Crippen molar-refractivity contribution in [2.75, 3.05) is 9.80 Å². The Balaban J connectivity index is 0.850. The van der Waals surface area contributed by atoms with Crippen molar-refractivity contribution in [3.05, 3.63) is 303 Å². The normalized spacial score (nSPS) is 11.8. The van der Waals surface area contributed by atoms with Crippen LogP contribution in [0.4, 0.5) is 34.1 Å². The minimum atomic E-state index is 0.819. The molecule has 5 nitrogen and oxygen atoms in total. The van der Waals surface area contributed by atoms with Crippen molar-refractivity contribution in [1.82, 2.24) is 0 Å². The van der Waals surface area contributed by atoms with Crippen molar-refractivity contribution in [2.24, 2.45) is 0 Å². The van der Waals surface area contributed by atoms with Gasteiger partial charge in [0, 0.05) is 65.9 Å². The van der Waals surface area contributed by atoms with Gasteiger partial charge in [-0.05, 0) is 104 Å². The quantitative estimate of drug-likeness (QED) is 0.137. The SMILES string of the molecule is c1ccc(-c2ccccc2N(c2ccc3c(ccc4oc5ccc6cc(N(c7ccccc7-c7ccccc7)c7cccc8c7oc7c(-c9ccccc9)cccc78)ccc6c5c43)c2)c2cccc3c2oc2c(-c4ccccc4)cccc23)cc1. The third-order valence-corrected chi connectivity index (χ3v) is 17.0. The van der Waals surface area contributed by atoms with Crippen LogP contribution in [0.15, 0.2) is 317 Å². The molecule has 0 bridgehead atoms. The van der Waals surface area contributed by atoms with Crippen molar-refractivity contribution in [2.45, 2.75) is 0 Å². The molecule has 0 saturated carbocycles. The maximum Gasteiger partial charge on any atom is 0.159 e. The van der Waals surface area contributed by atoms with Crippen LogP contribution in [0.1, 0.15) is 0 Å². The van der Waals surface area contributed by atoms with Crippen molar-refractivity contribution >= 4 is 121 Å². The summed E-state index contributed by atoms with van der Waals surface area (Å²) in [6, 6.07) is 108. The molecule has 5 heteroatoms.